The first-order valence-electron chi connectivity index (χ1n) is 6.13. The Labute approximate surface area is 120 Å². The molecule has 110 valence electrons. The molecule has 21 heavy (non-hydrogen) atoms. The van der Waals surface area contributed by atoms with E-state index in [-0.39, 0.29) is 0 Å². The normalized spacial score (nSPS) is 10.3. The molecule has 0 aromatic heterocycles. The van der Waals surface area contributed by atoms with Gasteiger partial charge in [0.1, 0.15) is 11.6 Å². The molecule has 6 heteroatoms. The molecule has 0 atom stereocenters. The molecule has 0 bridgehead atoms. The predicted octanol–water partition coefficient (Wildman–Crippen LogP) is 3.12. The summed E-state index contributed by atoms with van der Waals surface area (Å²) in [5, 5.41) is 2.49. The van der Waals surface area contributed by atoms with E-state index >= 15 is 0 Å². The summed E-state index contributed by atoms with van der Waals surface area (Å²) < 4.78 is 32.2. The second-order valence-corrected chi connectivity index (χ2v) is 4.51. The van der Waals surface area contributed by atoms with E-state index in [2.05, 4.69) is 5.32 Å². The fourth-order valence-electron chi connectivity index (χ4n) is 1.88. The largest absolute Gasteiger partial charge is 0.495 e. The Morgan fingerprint density at radius 1 is 1.24 bits per heavy atom. The Kier molecular flexibility index (Phi) is 4.07. The van der Waals surface area contributed by atoms with Gasteiger partial charge in [0.2, 0.25) is 0 Å². The van der Waals surface area contributed by atoms with Crippen molar-refractivity contribution in [2.24, 2.45) is 0 Å². The van der Waals surface area contributed by atoms with E-state index in [4.69, 9.17) is 10.5 Å². The van der Waals surface area contributed by atoms with Crippen molar-refractivity contribution in [2.45, 2.75) is 6.92 Å². The van der Waals surface area contributed by atoms with Gasteiger partial charge < -0.3 is 15.8 Å². The van der Waals surface area contributed by atoms with Crippen molar-refractivity contribution in [3.63, 3.8) is 0 Å². The van der Waals surface area contributed by atoms with E-state index in [1.807, 2.05) is 6.92 Å². The minimum absolute atomic E-state index is 0.365. The lowest BCUT2D eigenvalue weighted by Crippen LogP contribution is -2.16. The first-order valence-corrected chi connectivity index (χ1v) is 6.13. The van der Waals surface area contributed by atoms with E-state index in [9.17, 15) is 13.6 Å². The molecule has 2 aromatic rings. The molecular formula is C15H14F2N2O2. The third-order valence-electron chi connectivity index (χ3n) is 2.91. The van der Waals surface area contributed by atoms with Gasteiger partial charge in [0.25, 0.3) is 5.91 Å². The Morgan fingerprint density at radius 3 is 2.62 bits per heavy atom. The smallest absolute Gasteiger partial charge is 0.258 e. The van der Waals surface area contributed by atoms with Crippen LogP contribution in [-0.4, -0.2) is 13.0 Å². The van der Waals surface area contributed by atoms with Gasteiger partial charge in [-0.3, -0.25) is 4.79 Å². The number of benzene rings is 2. The second kappa shape index (κ2) is 5.78. The molecule has 2 aromatic carbocycles. The summed E-state index contributed by atoms with van der Waals surface area (Å²) >= 11 is 0. The summed E-state index contributed by atoms with van der Waals surface area (Å²) in [5.41, 5.74) is 5.68. The molecule has 0 aliphatic heterocycles. The summed E-state index contributed by atoms with van der Waals surface area (Å²) in [5.74, 6) is -2.13. The van der Waals surface area contributed by atoms with Crippen LogP contribution in [0.4, 0.5) is 20.2 Å². The van der Waals surface area contributed by atoms with Crippen LogP contribution in [0.5, 0.6) is 5.75 Å². The third kappa shape index (κ3) is 3.10. The molecule has 2 rings (SSSR count). The number of nitrogens with two attached hydrogens (primary N) is 1. The molecule has 0 saturated carbocycles. The van der Waals surface area contributed by atoms with E-state index in [0.717, 1.165) is 17.7 Å². The van der Waals surface area contributed by atoms with Gasteiger partial charge in [-0.2, -0.15) is 0 Å². The van der Waals surface area contributed by atoms with Crippen LogP contribution in [0, 0.1) is 18.6 Å². The predicted molar refractivity (Wildman–Crippen MR) is 76.5 cm³/mol. The van der Waals surface area contributed by atoms with Gasteiger partial charge in [0.05, 0.1) is 24.0 Å². The van der Waals surface area contributed by atoms with Crippen molar-refractivity contribution in [2.75, 3.05) is 18.2 Å². The van der Waals surface area contributed by atoms with E-state index < -0.39 is 28.8 Å². The number of nitrogens with one attached hydrogen (secondary N) is 1. The maximum Gasteiger partial charge on any atom is 0.258 e. The van der Waals surface area contributed by atoms with Crippen molar-refractivity contribution in [1.29, 1.82) is 0 Å². The molecule has 0 aliphatic carbocycles. The molecule has 0 fully saturated rings. The number of halogens is 2. The lowest BCUT2D eigenvalue weighted by molar-refractivity contribution is 0.102. The third-order valence-corrected chi connectivity index (χ3v) is 2.91. The van der Waals surface area contributed by atoms with Crippen molar-refractivity contribution < 1.29 is 18.3 Å². The van der Waals surface area contributed by atoms with Crippen LogP contribution in [0.3, 0.4) is 0 Å². The van der Waals surface area contributed by atoms with Crippen LogP contribution in [-0.2, 0) is 0 Å². The topological polar surface area (TPSA) is 64.3 Å². The van der Waals surface area contributed by atoms with Crippen molar-refractivity contribution in [3.05, 3.63) is 53.1 Å². The van der Waals surface area contributed by atoms with Crippen LogP contribution < -0.4 is 15.8 Å². The number of nitrogen functional groups attached to an aromatic ring is 1. The average molecular weight is 292 g/mol. The first kappa shape index (κ1) is 14.8. The zero-order chi connectivity index (χ0) is 15.6. The van der Waals surface area contributed by atoms with Crippen molar-refractivity contribution in [1.82, 2.24) is 0 Å². The van der Waals surface area contributed by atoms with Crippen molar-refractivity contribution in [3.8, 4) is 5.75 Å². The fourth-order valence-corrected chi connectivity index (χ4v) is 1.88. The lowest BCUT2D eigenvalue weighted by atomic mass is 10.1. The van der Waals surface area contributed by atoms with E-state index in [1.165, 1.54) is 7.11 Å². The molecule has 0 radical (unpaired) electrons. The number of hydrogen-bond acceptors (Lipinski definition) is 3. The highest BCUT2D eigenvalue weighted by atomic mass is 19.1. The maximum atomic E-state index is 13.8. The zero-order valence-electron chi connectivity index (χ0n) is 11.5. The highest BCUT2D eigenvalue weighted by molar-refractivity contribution is 6.05. The van der Waals surface area contributed by atoms with E-state index in [0.29, 0.717) is 11.4 Å². The number of carbonyl (C=O) groups excluding carboxylic acids is 1. The summed E-state index contributed by atoms with van der Waals surface area (Å²) in [7, 11) is 1.45. The van der Waals surface area contributed by atoms with Gasteiger partial charge >= 0.3 is 0 Å². The number of carbonyl (C=O) groups is 1. The number of rotatable bonds is 3. The lowest BCUT2D eigenvalue weighted by Gasteiger charge is -2.12. The van der Waals surface area contributed by atoms with Crippen LogP contribution in [0.25, 0.3) is 0 Å². The molecular weight excluding hydrogens is 278 g/mol. The number of anilines is 2. The minimum atomic E-state index is -0.958. The Balaban J connectivity index is 2.37. The second-order valence-electron chi connectivity index (χ2n) is 4.51. The number of methoxy groups -OCH3 is 1. The van der Waals surface area contributed by atoms with E-state index in [1.54, 1.807) is 18.2 Å². The van der Waals surface area contributed by atoms with Gasteiger partial charge in [-0.15, -0.1) is 0 Å². The minimum Gasteiger partial charge on any atom is -0.495 e. The zero-order valence-corrected chi connectivity index (χ0v) is 11.5. The summed E-state index contributed by atoms with van der Waals surface area (Å²) in [6, 6.07) is 6.75. The number of ether oxygens (including phenoxy) is 1. The first-order chi connectivity index (χ1) is 9.92. The van der Waals surface area contributed by atoms with Crippen LogP contribution in [0.1, 0.15) is 15.9 Å². The fraction of sp³-hybridized carbons (Fsp3) is 0.133. The van der Waals surface area contributed by atoms with Crippen LogP contribution >= 0.6 is 0 Å². The standard InChI is InChI=1S/C15H14F2N2O2/c1-8-3-4-13(21-2)12(5-8)19-15(20)10-6-9(16)7-11(18)14(10)17/h3-7H,18H2,1-2H3,(H,19,20). The summed E-state index contributed by atoms with van der Waals surface area (Å²) in [6.45, 7) is 1.83. The highest BCUT2D eigenvalue weighted by Crippen LogP contribution is 2.26. The molecule has 0 aliphatic rings. The summed E-state index contributed by atoms with van der Waals surface area (Å²) in [4.78, 5) is 12.1. The molecule has 3 N–H and O–H groups in total. The number of hydrogen-bond donors (Lipinski definition) is 2. The SMILES string of the molecule is COc1ccc(C)cc1NC(=O)c1cc(F)cc(N)c1F. The van der Waals surface area contributed by atoms with Crippen molar-refractivity contribution >= 4 is 17.3 Å². The van der Waals surface area contributed by atoms with Gasteiger partial charge in [-0.05, 0) is 36.8 Å². The van der Waals surface area contributed by atoms with Gasteiger partial charge in [-0.1, -0.05) is 6.07 Å². The Bertz CT molecular complexity index is 702. The molecule has 4 nitrogen and oxygen atoms in total. The average Bonchev–Trinajstić information content (AvgIpc) is 2.43. The van der Waals surface area contributed by atoms with Crippen LogP contribution in [0.15, 0.2) is 30.3 Å². The molecule has 0 spiro atoms. The van der Waals surface area contributed by atoms with Gasteiger partial charge in [0.15, 0.2) is 5.82 Å². The highest BCUT2D eigenvalue weighted by Gasteiger charge is 2.17. The number of aryl methyl sites for hydroxylation is 1. The quantitative estimate of drug-likeness (QED) is 0.854. The monoisotopic (exact) mass is 292 g/mol. The maximum absolute atomic E-state index is 13.8. The molecule has 1 amide bonds. The molecule has 0 heterocycles. The van der Waals surface area contributed by atoms with Gasteiger partial charge in [-0.25, -0.2) is 8.78 Å². The Morgan fingerprint density at radius 2 is 1.95 bits per heavy atom. The van der Waals surface area contributed by atoms with Crippen LogP contribution in [0.2, 0.25) is 0 Å². The molecule has 0 unspecified atom stereocenters. The number of amides is 1. The summed E-state index contributed by atoms with van der Waals surface area (Å²) in [6.07, 6.45) is 0. The van der Waals surface area contributed by atoms with Gasteiger partial charge in [0, 0.05) is 0 Å². The molecule has 0 saturated heterocycles. The Hall–Kier alpha value is -2.63.